The minimum absolute atomic E-state index is 0.312. The Morgan fingerprint density at radius 2 is 1.87 bits per heavy atom. The fraction of sp³-hybridized carbons (Fsp3) is 0.200. The van der Waals surface area contributed by atoms with E-state index in [1.165, 1.54) is 0 Å². The van der Waals surface area contributed by atoms with Crippen LogP contribution in [0.3, 0.4) is 0 Å². The van der Waals surface area contributed by atoms with Crippen LogP contribution in [0.1, 0.15) is 11.7 Å². The van der Waals surface area contributed by atoms with Gasteiger partial charge in [0.25, 0.3) is 5.24 Å². The monoisotopic (exact) mass is 246 g/mol. The van der Waals surface area contributed by atoms with E-state index in [1.807, 2.05) is 0 Å². The summed E-state index contributed by atoms with van der Waals surface area (Å²) < 4.78 is 4.79. The molecule has 15 heavy (non-hydrogen) atoms. The van der Waals surface area contributed by atoms with E-state index < -0.39 is 17.3 Å². The summed E-state index contributed by atoms with van der Waals surface area (Å²) in [4.78, 5) is 22.0. The summed E-state index contributed by atoms with van der Waals surface area (Å²) in [6, 6.07) is 8.51. The lowest BCUT2D eigenvalue weighted by Gasteiger charge is -2.12. The molecule has 0 aliphatic heterocycles. The van der Waals surface area contributed by atoms with Crippen LogP contribution in [0.4, 0.5) is 0 Å². The first-order chi connectivity index (χ1) is 7.15. The summed E-state index contributed by atoms with van der Waals surface area (Å²) in [5, 5.41) is -0.750. The van der Waals surface area contributed by atoms with Crippen LogP contribution in [0.2, 0.25) is 0 Å². The van der Waals surface area contributed by atoms with E-state index in [0.29, 0.717) is 5.56 Å². The lowest BCUT2D eigenvalue weighted by molar-refractivity contribution is -0.150. The van der Waals surface area contributed by atoms with E-state index in [-0.39, 0.29) is 5.88 Å². The summed E-state index contributed by atoms with van der Waals surface area (Å²) >= 11 is 10.6. The van der Waals surface area contributed by atoms with E-state index in [4.69, 9.17) is 27.9 Å². The molecule has 1 rings (SSSR count). The van der Waals surface area contributed by atoms with Crippen molar-refractivity contribution in [2.45, 2.75) is 6.10 Å². The summed E-state index contributed by atoms with van der Waals surface area (Å²) in [5.41, 5.74) is 0.524. The largest absolute Gasteiger partial charge is 0.447 e. The molecule has 3 nitrogen and oxygen atoms in total. The van der Waals surface area contributed by atoms with Gasteiger partial charge >= 0.3 is 5.97 Å². The maximum absolute atomic E-state index is 11.0. The van der Waals surface area contributed by atoms with Crippen LogP contribution in [-0.2, 0) is 14.3 Å². The predicted molar refractivity (Wildman–Crippen MR) is 56.9 cm³/mol. The second kappa shape index (κ2) is 5.73. The molecule has 0 saturated heterocycles. The second-order valence-corrected chi connectivity index (χ2v) is 3.36. The number of hydrogen-bond acceptors (Lipinski definition) is 3. The molecule has 1 atom stereocenters. The highest BCUT2D eigenvalue weighted by molar-refractivity contribution is 6.64. The summed E-state index contributed by atoms with van der Waals surface area (Å²) in [5.74, 6) is -0.993. The van der Waals surface area contributed by atoms with Gasteiger partial charge in [-0.2, -0.15) is 0 Å². The molecule has 5 heteroatoms. The molecule has 0 aromatic heterocycles. The van der Waals surface area contributed by atoms with Crippen LogP contribution in [0.25, 0.3) is 0 Å². The van der Waals surface area contributed by atoms with Crippen molar-refractivity contribution in [3.05, 3.63) is 35.9 Å². The third-order valence-corrected chi connectivity index (χ3v) is 2.08. The molecule has 0 radical (unpaired) electrons. The molecule has 1 aromatic carbocycles. The fourth-order valence-corrected chi connectivity index (χ4v) is 1.27. The van der Waals surface area contributed by atoms with E-state index >= 15 is 0 Å². The minimum Gasteiger partial charge on any atom is -0.447 e. The van der Waals surface area contributed by atoms with E-state index in [0.717, 1.165) is 0 Å². The molecule has 0 saturated carbocycles. The van der Waals surface area contributed by atoms with Crippen LogP contribution in [0.15, 0.2) is 30.3 Å². The van der Waals surface area contributed by atoms with Crippen molar-refractivity contribution in [3.63, 3.8) is 0 Å². The molecule has 0 aliphatic rings. The topological polar surface area (TPSA) is 43.4 Å². The molecule has 0 unspecified atom stereocenters. The Morgan fingerprint density at radius 1 is 1.27 bits per heavy atom. The van der Waals surface area contributed by atoms with Crippen molar-refractivity contribution in [1.82, 2.24) is 0 Å². The summed E-state index contributed by atoms with van der Waals surface area (Å²) in [6.45, 7) is 0. The van der Waals surface area contributed by atoms with Crippen molar-refractivity contribution in [1.29, 1.82) is 0 Å². The molecule has 0 fully saturated rings. The molecule has 80 valence electrons. The summed E-state index contributed by atoms with van der Waals surface area (Å²) in [7, 11) is 0. The van der Waals surface area contributed by atoms with Gasteiger partial charge in [0, 0.05) is 5.56 Å². The number of carbonyl (C=O) groups is 2. The third kappa shape index (κ3) is 3.53. The maximum atomic E-state index is 11.0. The van der Waals surface area contributed by atoms with Crippen molar-refractivity contribution in [2.75, 3.05) is 5.88 Å². The smallest absolute Gasteiger partial charge is 0.321 e. The van der Waals surface area contributed by atoms with Gasteiger partial charge in [-0.3, -0.25) is 9.59 Å². The van der Waals surface area contributed by atoms with Crippen molar-refractivity contribution < 1.29 is 14.3 Å². The lowest BCUT2D eigenvalue weighted by atomic mass is 10.1. The van der Waals surface area contributed by atoms with Gasteiger partial charge < -0.3 is 4.74 Å². The molecule has 0 bridgehead atoms. The minimum atomic E-state index is -1.08. The SMILES string of the molecule is O=C(CCl)O[C@@H](C(=O)Cl)c1ccccc1. The number of halogens is 2. The number of benzene rings is 1. The van der Waals surface area contributed by atoms with Gasteiger partial charge in [-0.25, -0.2) is 0 Å². The van der Waals surface area contributed by atoms with Gasteiger partial charge in [0.05, 0.1) is 0 Å². The Morgan fingerprint density at radius 3 is 2.33 bits per heavy atom. The van der Waals surface area contributed by atoms with Crippen LogP contribution in [-0.4, -0.2) is 17.1 Å². The fourth-order valence-electron chi connectivity index (χ4n) is 1.04. The van der Waals surface area contributed by atoms with E-state index in [9.17, 15) is 9.59 Å². The van der Waals surface area contributed by atoms with Gasteiger partial charge in [0.1, 0.15) is 5.88 Å². The zero-order valence-corrected chi connectivity index (χ0v) is 9.16. The maximum Gasteiger partial charge on any atom is 0.321 e. The highest BCUT2D eigenvalue weighted by Crippen LogP contribution is 2.20. The highest BCUT2D eigenvalue weighted by atomic mass is 35.5. The number of ether oxygens (including phenoxy) is 1. The predicted octanol–water partition coefficient (Wildman–Crippen LogP) is 2.28. The van der Waals surface area contributed by atoms with Gasteiger partial charge in [-0.05, 0) is 11.6 Å². The number of carbonyl (C=O) groups excluding carboxylic acids is 2. The van der Waals surface area contributed by atoms with Gasteiger partial charge in [0.2, 0.25) is 6.10 Å². The Kier molecular flexibility index (Phi) is 4.59. The number of hydrogen-bond donors (Lipinski definition) is 0. The Hall–Kier alpha value is -1.06. The first kappa shape index (κ1) is 12.0. The van der Waals surface area contributed by atoms with Crippen LogP contribution < -0.4 is 0 Å². The molecular formula is C10H8Cl2O3. The Labute approximate surface area is 96.9 Å². The van der Waals surface area contributed by atoms with Crippen molar-refractivity contribution in [3.8, 4) is 0 Å². The zero-order valence-electron chi connectivity index (χ0n) is 7.65. The standard InChI is InChI=1S/C10H8Cl2O3/c11-6-8(13)15-9(10(12)14)7-4-2-1-3-5-7/h1-5,9H,6H2/t9-/m1/s1. The molecule has 0 aliphatic carbocycles. The van der Waals surface area contributed by atoms with Gasteiger partial charge in [-0.15, -0.1) is 11.6 Å². The first-order valence-corrected chi connectivity index (χ1v) is 5.06. The first-order valence-electron chi connectivity index (χ1n) is 4.15. The Bertz CT molecular complexity index is 351. The molecule has 0 N–H and O–H groups in total. The molecule has 0 heterocycles. The third-order valence-electron chi connectivity index (χ3n) is 1.67. The van der Waals surface area contributed by atoms with Crippen molar-refractivity contribution >= 4 is 34.4 Å². The van der Waals surface area contributed by atoms with Gasteiger partial charge in [0.15, 0.2) is 0 Å². The normalized spacial score (nSPS) is 11.9. The zero-order chi connectivity index (χ0) is 11.3. The summed E-state index contributed by atoms with van der Waals surface area (Å²) in [6.07, 6.45) is -1.08. The number of rotatable bonds is 4. The van der Waals surface area contributed by atoms with Gasteiger partial charge in [-0.1, -0.05) is 30.3 Å². The molecule has 0 amide bonds. The molecular weight excluding hydrogens is 239 g/mol. The average Bonchev–Trinajstić information content (AvgIpc) is 2.26. The van der Waals surface area contributed by atoms with E-state index in [1.54, 1.807) is 30.3 Å². The van der Waals surface area contributed by atoms with E-state index in [2.05, 4.69) is 0 Å². The quantitative estimate of drug-likeness (QED) is 0.465. The highest BCUT2D eigenvalue weighted by Gasteiger charge is 2.22. The number of alkyl halides is 1. The van der Waals surface area contributed by atoms with Crippen LogP contribution >= 0.6 is 23.2 Å². The van der Waals surface area contributed by atoms with Crippen LogP contribution in [0.5, 0.6) is 0 Å². The Balaban J connectivity index is 2.84. The molecule has 1 aromatic rings. The average molecular weight is 247 g/mol. The van der Waals surface area contributed by atoms with Crippen LogP contribution in [0, 0.1) is 0 Å². The lowest BCUT2D eigenvalue weighted by Crippen LogP contribution is -2.17. The number of esters is 1. The molecule has 0 spiro atoms. The van der Waals surface area contributed by atoms with Crippen molar-refractivity contribution in [2.24, 2.45) is 0 Å². The second-order valence-electron chi connectivity index (χ2n) is 2.72.